The Morgan fingerprint density at radius 2 is 1.58 bits per heavy atom. The molecule has 4 saturated carbocycles. The molecule has 0 radical (unpaired) electrons. The molecule has 10 heteroatoms. The molecule has 0 N–H and O–H groups in total. The van der Waals surface area contributed by atoms with Gasteiger partial charge in [0.15, 0.2) is 12.6 Å². The van der Waals surface area contributed by atoms with Crippen LogP contribution < -0.4 is 58.2 Å². The minimum atomic E-state index is -5.75. The van der Waals surface area contributed by atoms with Crippen molar-refractivity contribution in [2.75, 3.05) is 6.61 Å². The van der Waals surface area contributed by atoms with Crippen LogP contribution in [0.5, 0.6) is 0 Å². The molecule has 0 spiro atoms. The zero-order valence-electron chi connectivity index (χ0n) is 17.9. The van der Waals surface area contributed by atoms with Crippen molar-refractivity contribution in [3.63, 3.8) is 0 Å². The third-order valence-electron chi connectivity index (χ3n) is 8.01. The molecule has 4 bridgehead atoms. The summed E-state index contributed by atoms with van der Waals surface area (Å²) in [5.41, 5.74) is 0. The third-order valence-corrected chi connectivity index (χ3v) is 8.01. The smallest absolute Gasteiger partial charge is 0.484 e. The number of esters is 2. The van der Waals surface area contributed by atoms with Crippen molar-refractivity contribution in [3.8, 4) is 0 Å². The Bertz CT molecular complexity index is 714. The van der Waals surface area contributed by atoms with Gasteiger partial charge in [-0.3, -0.25) is 15.5 Å². The van der Waals surface area contributed by atoms with E-state index in [2.05, 4.69) is 4.74 Å². The van der Waals surface area contributed by atoms with Gasteiger partial charge in [-0.15, -0.1) is 0 Å². The van der Waals surface area contributed by atoms with E-state index < -0.39 is 30.6 Å². The third kappa shape index (κ3) is 4.50. The van der Waals surface area contributed by atoms with Gasteiger partial charge in [0.1, 0.15) is 6.10 Å². The topological polar surface area (TPSA) is 52.6 Å². The maximum atomic E-state index is 13.1. The molecule has 8 atom stereocenters. The van der Waals surface area contributed by atoms with Crippen LogP contribution in [-0.4, -0.2) is 36.7 Å². The van der Waals surface area contributed by atoms with E-state index in [1.807, 2.05) is 6.92 Å². The van der Waals surface area contributed by atoms with Crippen LogP contribution in [0.2, 0.25) is 0 Å². The van der Waals surface area contributed by atoms with E-state index in [0.29, 0.717) is 30.6 Å². The Balaban J connectivity index is 0.00000272. The molecule has 0 amide bonds. The monoisotopic (exact) mass is 522 g/mol. The first-order valence-electron chi connectivity index (χ1n) is 10.6. The average molecular weight is 523 g/mol. The zero-order valence-corrected chi connectivity index (χ0v) is 22.8. The molecule has 0 aliphatic heterocycles. The minimum Gasteiger partial charge on any atom is -0.484 e. The largest absolute Gasteiger partial charge is 1.00 e. The molecule has 4 fully saturated rings. The summed E-state index contributed by atoms with van der Waals surface area (Å²) >= 11 is 0. The van der Waals surface area contributed by atoms with E-state index in [4.69, 9.17) is 4.74 Å². The maximum absolute atomic E-state index is 13.1. The Morgan fingerprint density at radius 1 is 0.968 bits per heavy atom. The van der Waals surface area contributed by atoms with Gasteiger partial charge in [-0.2, -0.15) is 35.3 Å². The molecule has 0 aromatic rings. The van der Waals surface area contributed by atoms with Crippen molar-refractivity contribution in [1.29, 1.82) is 0 Å². The quantitative estimate of drug-likeness (QED) is 0.230. The Kier molecular flexibility index (Phi) is 7.63. The maximum Gasteiger partial charge on any atom is 1.00 e. The number of halogens is 5. The summed E-state index contributed by atoms with van der Waals surface area (Å²) in [6, 6.07) is 0. The van der Waals surface area contributed by atoms with Crippen LogP contribution >= 0.6 is 0 Å². The number of hydrogen-bond donors (Lipinski definition) is 0. The van der Waals surface area contributed by atoms with Gasteiger partial charge in [0, 0.05) is 0 Å². The van der Waals surface area contributed by atoms with Gasteiger partial charge >= 0.3 is 76.3 Å². The van der Waals surface area contributed by atoms with Gasteiger partial charge < -0.3 is 9.47 Å². The molecule has 4 nitrogen and oxygen atoms in total. The van der Waals surface area contributed by atoms with Crippen LogP contribution in [0.25, 0.3) is 0 Å². The van der Waals surface area contributed by atoms with Crippen LogP contribution in [0.1, 0.15) is 46.0 Å². The predicted molar refractivity (Wildman–Crippen MR) is 93.9 cm³/mol. The predicted octanol–water partition coefficient (Wildman–Crippen LogP) is 1.58. The minimum absolute atomic E-state index is 0. The fourth-order valence-corrected chi connectivity index (χ4v) is 6.68. The normalized spacial score (nSPS) is 37.9. The number of rotatable bonds is 6. The SMILES string of the molecule is CC[C-](C)C(=O)OC1CC2CC1C1C3CC(CC3C(=O)OCC(F)(F)C(F)(F)F)C21.[Rb+]. The summed E-state index contributed by atoms with van der Waals surface area (Å²) in [6.07, 6.45) is -2.38. The second kappa shape index (κ2) is 9.14. The van der Waals surface area contributed by atoms with Crippen LogP contribution in [0.15, 0.2) is 0 Å². The molecule has 170 valence electrons. The number of hydrogen-bond acceptors (Lipinski definition) is 4. The second-order valence-electron chi connectivity index (χ2n) is 9.44. The molecule has 31 heavy (non-hydrogen) atoms. The summed E-state index contributed by atoms with van der Waals surface area (Å²) < 4.78 is 73.4. The van der Waals surface area contributed by atoms with Gasteiger partial charge in [0.25, 0.3) is 0 Å². The summed E-state index contributed by atoms with van der Waals surface area (Å²) in [5, 5.41) is 0. The standard InChI is InChI=1S/C21H26F5O4.Rb/c1-3-9(2)18(27)30-15-7-11-6-14(15)17-12-4-10(16(11)17)5-13(12)19(28)29-8-20(22,23)21(24,25)26;/h10-17H,3-8H2,1-2H3;/q-1;+1. The van der Waals surface area contributed by atoms with Crippen LogP contribution in [0.3, 0.4) is 0 Å². The molecular formula is C21H26F5O4Rb. The molecule has 4 rings (SSSR count). The van der Waals surface area contributed by atoms with Gasteiger partial charge in [0.2, 0.25) is 0 Å². The van der Waals surface area contributed by atoms with E-state index in [1.165, 1.54) is 0 Å². The van der Waals surface area contributed by atoms with Gasteiger partial charge in [-0.25, -0.2) is 0 Å². The van der Waals surface area contributed by atoms with Gasteiger partial charge in [-0.05, 0) is 61.2 Å². The Hall–Kier alpha value is 0.265. The van der Waals surface area contributed by atoms with Crippen LogP contribution in [-0.2, 0) is 19.1 Å². The first kappa shape index (κ1) is 25.9. The van der Waals surface area contributed by atoms with Crippen molar-refractivity contribution in [1.82, 2.24) is 0 Å². The molecule has 8 unspecified atom stereocenters. The average Bonchev–Trinajstić information content (AvgIpc) is 3.42. The number of ether oxygens (including phenoxy) is 2. The molecule has 0 aromatic carbocycles. The second-order valence-corrected chi connectivity index (χ2v) is 9.44. The number of alkyl halides is 5. The molecule has 0 aromatic heterocycles. The van der Waals surface area contributed by atoms with Crippen molar-refractivity contribution in [3.05, 3.63) is 5.92 Å². The molecule has 0 heterocycles. The van der Waals surface area contributed by atoms with E-state index in [-0.39, 0.29) is 93.9 Å². The van der Waals surface area contributed by atoms with Crippen molar-refractivity contribution < 1.29 is 99.2 Å². The van der Waals surface area contributed by atoms with Crippen molar-refractivity contribution >= 4 is 11.9 Å². The van der Waals surface area contributed by atoms with Gasteiger partial charge in [-0.1, -0.05) is 6.92 Å². The van der Waals surface area contributed by atoms with Crippen molar-refractivity contribution in [2.24, 2.45) is 41.4 Å². The zero-order chi connectivity index (χ0) is 22.0. The van der Waals surface area contributed by atoms with Crippen LogP contribution in [0.4, 0.5) is 22.0 Å². The van der Waals surface area contributed by atoms with Gasteiger partial charge in [0.05, 0.1) is 5.92 Å². The molecule has 4 aliphatic rings. The molecule has 0 saturated heterocycles. The number of carbonyl (C=O) groups is 2. The first-order chi connectivity index (χ1) is 13.9. The molecule has 4 aliphatic carbocycles. The molecular weight excluding hydrogens is 497 g/mol. The fraction of sp³-hybridized carbons (Fsp3) is 0.857. The first-order valence-corrected chi connectivity index (χ1v) is 10.6. The summed E-state index contributed by atoms with van der Waals surface area (Å²) in [5.74, 6) is -5.06. The summed E-state index contributed by atoms with van der Waals surface area (Å²) in [6.45, 7) is 1.64. The van der Waals surface area contributed by atoms with Crippen molar-refractivity contribution in [2.45, 2.75) is 64.2 Å². The summed E-state index contributed by atoms with van der Waals surface area (Å²) in [4.78, 5) is 24.6. The number of carbonyl (C=O) groups excluding carboxylic acids is 2. The van der Waals surface area contributed by atoms with E-state index >= 15 is 0 Å². The fourth-order valence-electron chi connectivity index (χ4n) is 6.68. The summed E-state index contributed by atoms with van der Waals surface area (Å²) in [7, 11) is 0. The van der Waals surface area contributed by atoms with Crippen LogP contribution in [0, 0.1) is 47.3 Å². The Morgan fingerprint density at radius 3 is 2.19 bits per heavy atom. The van der Waals surface area contributed by atoms with E-state index in [9.17, 15) is 31.5 Å². The Labute approximate surface area is 227 Å². The number of fused-ring (bicyclic) bond motifs is 9. The van der Waals surface area contributed by atoms with E-state index in [0.717, 1.165) is 19.3 Å². The van der Waals surface area contributed by atoms with E-state index in [1.54, 1.807) is 6.92 Å².